The number of nitrogens with one attached hydrogen (secondary N) is 1. The number of rotatable bonds is 4. The standard InChI is InChI=1S/C19H24FN5O/c1-12(2)21-19(26)18-23-22-17-7-14-9-24(10-15(14)11-25(17)18)8-13-5-3-4-6-16(13)20/h3-6,12,14-15H,7-11H2,1-2H3,(H,21,26)/t14-,15+/m1/s1. The van der Waals surface area contributed by atoms with Crippen LogP contribution in [0.2, 0.25) is 0 Å². The summed E-state index contributed by atoms with van der Waals surface area (Å²) in [5, 5.41) is 11.2. The van der Waals surface area contributed by atoms with E-state index in [9.17, 15) is 9.18 Å². The summed E-state index contributed by atoms with van der Waals surface area (Å²) in [5.41, 5.74) is 0.738. The molecule has 2 aliphatic heterocycles. The molecule has 4 rings (SSSR count). The maximum atomic E-state index is 13.9. The first kappa shape index (κ1) is 17.1. The zero-order valence-electron chi connectivity index (χ0n) is 15.2. The summed E-state index contributed by atoms with van der Waals surface area (Å²) in [4.78, 5) is 14.6. The Hall–Kier alpha value is -2.28. The highest BCUT2D eigenvalue weighted by Crippen LogP contribution is 2.33. The lowest BCUT2D eigenvalue weighted by molar-refractivity contribution is 0.0924. The van der Waals surface area contributed by atoms with Crippen molar-refractivity contribution in [3.05, 3.63) is 47.3 Å². The fourth-order valence-electron chi connectivity index (χ4n) is 4.11. The third kappa shape index (κ3) is 3.23. The maximum absolute atomic E-state index is 13.9. The normalized spacial score (nSPS) is 22.3. The lowest BCUT2D eigenvalue weighted by atomic mass is 9.89. The summed E-state index contributed by atoms with van der Waals surface area (Å²) >= 11 is 0. The number of likely N-dealkylation sites (tertiary alicyclic amines) is 1. The Labute approximate surface area is 152 Å². The van der Waals surface area contributed by atoms with Crippen molar-refractivity contribution in [2.75, 3.05) is 13.1 Å². The van der Waals surface area contributed by atoms with E-state index in [2.05, 4.69) is 20.4 Å². The third-order valence-corrected chi connectivity index (χ3v) is 5.32. The summed E-state index contributed by atoms with van der Waals surface area (Å²) in [6, 6.07) is 7.02. The molecule has 0 spiro atoms. The Kier molecular flexibility index (Phi) is 4.48. The maximum Gasteiger partial charge on any atom is 0.289 e. The second-order valence-electron chi connectivity index (χ2n) is 7.69. The van der Waals surface area contributed by atoms with Crippen molar-refractivity contribution in [1.82, 2.24) is 25.0 Å². The van der Waals surface area contributed by atoms with Crippen molar-refractivity contribution < 1.29 is 9.18 Å². The number of carbonyl (C=O) groups excluding carboxylic acids is 1. The van der Waals surface area contributed by atoms with Gasteiger partial charge in [-0.05, 0) is 31.7 Å². The molecule has 0 saturated carbocycles. The zero-order valence-corrected chi connectivity index (χ0v) is 15.2. The third-order valence-electron chi connectivity index (χ3n) is 5.32. The van der Waals surface area contributed by atoms with Crippen LogP contribution in [0.4, 0.5) is 4.39 Å². The van der Waals surface area contributed by atoms with Gasteiger partial charge in [-0.3, -0.25) is 9.69 Å². The van der Waals surface area contributed by atoms with Crippen LogP contribution in [0.3, 0.4) is 0 Å². The minimum absolute atomic E-state index is 0.0644. The predicted molar refractivity (Wildman–Crippen MR) is 95.0 cm³/mol. The molecule has 2 atom stereocenters. The number of carbonyl (C=O) groups is 1. The number of benzene rings is 1. The molecule has 1 aromatic heterocycles. The predicted octanol–water partition coefficient (Wildman–Crippen LogP) is 1.86. The Bertz CT molecular complexity index is 818. The second kappa shape index (κ2) is 6.79. The molecule has 3 heterocycles. The van der Waals surface area contributed by atoms with Gasteiger partial charge in [0, 0.05) is 44.2 Å². The van der Waals surface area contributed by atoms with Crippen molar-refractivity contribution in [3.8, 4) is 0 Å². The van der Waals surface area contributed by atoms with Gasteiger partial charge in [-0.25, -0.2) is 4.39 Å². The van der Waals surface area contributed by atoms with Crippen LogP contribution in [0.1, 0.15) is 35.9 Å². The second-order valence-corrected chi connectivity index (χ2v) is 7.69. The van der Waals surface area contributed by atoms with E-state index in [0.717, 1.165) is 37.4 Å². The molecule has 1 aromatic carbocycles. The first-order chi connectivity index (χ1) is 12.5. The van der Waals surface area contributed by atoms with Crippen LogP contribution in [0.5, 0.6) is 0 Å². The Morgan fingerprint density at radius 3 is 2.77 bits per heavy atom. The zero-order chi connectivity index (χ0) is 18.3. The van der Waals surface area contributed by atoms with E-state index in [0.29, 0.717) is 24.2 Å². The van der Waals surface area contributed by atoms with Gasteiger partial charge < -0.3 is 9.88 Å². The molecule has 1 saturated heterocycles. The molecule has 6 nitrogen and oxygen atoms in total. The van der Waals surface area contributed by atoms with Gasteiger partial charge in [-0.15, -0.1) is 10.2 Å². The van der Waals surface area contributed by atoms with E-state index >= 15 is 0 Å². The largest absolute Gasteiger partial charge is 0.347 e. The van der Waals surface area contributed by atoms with Crippen LogP contribution >= 0.6 is 0 Å². The van der Waals surface area contributed by atoms with E-state index < -0.39 is 0 Å². The van der Waals surface area contributed by atoms with Gasteiger partial charge in [0.25, 0.3) is 5.91 Å². The van der Waals surface area contributed by atoms with Gasteiger partial charge in [-0.2, -0.15) is 0 Å². The average molecular weight is 357 g/mol. The van der Waals surface area contributed by atoms with Gasteiger partial charge in [0.05, 0.1) is 0 Å². The molecule has 0 unspecified atom stereocenters. The molecular formula is C19H24FN5O. The van der Waals surface area contributed by atoms with Gasteiger partial charge in [0.1, 0.15) is 11.6 Å². The number of aromatic nitrogens is 3. The molecule has 2 aliphatic rings. The molecule has 138 valence electrons. The summed E-state index contributed by atoms with van der Waals surface area (Å²) in [6.07, 6.45) is 0.820. The number of nitrogens with zero attached hydrogens (tertiary/aromatic N) is 4. The van der Waals surface area contributed by atoms with Crippen molar-refractivity contribution in [1.29, 1.82) is 0 Å². The highest BCUT2D eigenvalue weighted by molar-refractivity contribution is 5.90. The fraction of sp³-hybridized carbons (Fsp3) is 0.526. The summed E-state index contributed by atoms with van der Waals surface area (Å²) in [5.74, 6) is 1.90. The van der Waals surface area contributed by atoms with Gasteiger partial charge in [0.2, 0.25) is 5.82 Å². The lowest BCUT2D eigenvalue weighted by Gasteiger charge is -2.25. The Morgan fingerprint density at radius 2 is 2.00 bits per heavy atom. The molecule has 0 radical (unpaired) electrons. The van der Waals surface area contributed by atoms with Gasteiger partial charge >= 0.3 is 0 Å². The van der Waals surface area contributed by atoms with Crippen molar-refractivity contribution in [2.45, 2.75) is 39.4 Å². The molecular weight excluding hydrogens is 333 g/mol. The molecule has 26 heavy (non-hydrogen) atoms. The van der Waals surface area contributed by atoms with E-state index in [-0.39, 0.29) is 17.8 Å². The summed E-state index contributed by atoms with van der Waals surface area (Å²) in [7, 11) is 0. The Balaban J connectivity index is 1.46. The van der Waals surface area contributed by atoms with Crippen molar-refractivity contribution in [3.63, 3.8) is 0 Å². The van der Waals surface area contributed by atoms with E-state index in [1.807, 2.05) is 30.5 Å². The van der Waals surface area contributed by atoms with Crippen LogP contribution in [0, 0.1) is 17.7 Å². The molecule has 1 fully saturated rings. The molecule has 1 amide bonds. The monoisotopic (exact) mass is 357 g/mol. The highest BCUT2D eigenvalue weighted by atomic mass is 19.1. The topological polar surface area (TPSA) is 63.1 Å². The van der Waals surface area contributed by atoms with Gasteiger partial charge in [0.15, 0.2) is 0 Å². The van der Waals surface area contributed by atoms with E-state index in [1.165, 1.54) is 6.07 Å². The summed E-state index contributed by atoms with van der Waals surface area (Å²) < 4.78 is 15.9. The minimum atomic E-state index is -0.168. The molecule has 0 bridgehead atoms. The number of halogens is 1. The number of hydrogen-bond donors (Lipinski definition) is 1. The minimum Gasteiger partial charge on any atom is -0.347 e. The molecule has 0 aliphatic carbocycles. The molecule has 7 heteroatoms. The number of amides is 1. The van der Waals surface area contributed by atoms with E-state index in [4.69, 9.17) is 0 Å². The van der Waals surface area contributed by atoms with Crippen LogP contribution in [0.15, 0.2) is 24.3 Å². The van der Waals surface area contributed by atoms with Gasteiger partial charge in [-0.1, -0.05) is 18.2 Å². The fourth-order valence-corrected chi connectivity index (χ4v) is 4.11. The SMILES string of the molecule is CC(C)NC(=O)c1nnc2n1C[C@@H]1CN(Cc3ccccc3F)C[C@H]1C2. The molecule has 2 aromatic rings. The summed E-state index contributed by atoms with van der Waals surface area (Å²) in [6.45, 7) is 7.07. The number of hydrogen-bond acceptors (Lipinski definition) is 4. The first-order valence-corrected chi connectivity index (χ1v) is 9.20. The lowest BCUT2D eigenvalue weighted by Crippen LogP contribution is -2.35. The Morgan fingerprint density at radius 1 is 1.23 bits per heavy atom. The van der Waals surface area contributed by atoms with Crippen molar-refractivity contribution in [2.24, 2.45) is 11.8 Å². The van der Waals surface area contributed by atoms with Crippen LogP contribution in [-0.2, 0) is 19.5 Å². The first-order valence-electron chi connectivity index (χ1n) is 9.20. The highest BCUT2D eigenvalue weighted by Gasteiger charge is 2.39. The van der Waals surface area contributed by atoms with E-state index in [1.54, 1.807) is 6.07 Å². The number of fused-ring (bicyclic) bond motifs is 2. The average Bonchev–Trinajstić information content (AvgIpc) is 3.16. The quantitative estimate of drug-likeness (QED) is 0.907. The molecule has 1 N–H and O–H groups in total. The van der Waals surface area contributed by atoms with Crippen LogP contribution in [-0.4, -0.2) is 44.7 Å². The van der Waals surface area contributed by atoms with Crippen molar-refractivity contribution >= 4 is 5.91 Å². The smallest absolute Gasteiger partial charge is 0.289 e. The van der Waals surface area contributed by atoms with Crippen LogP contribution in [0.25, 0.3) is 0 Å². The van der Waals surface area contributed by atoms with Crippen LogP contribution < -0.4 is 5.32 Å².